The Kier molecular flexibility index (Phi) is 5.21. The Morgan fingerprint density at radius 1 is 1.28 bits per heavy atom. The average molecular weight is 276 g/mol. The van der Waals surface area contributed by atoms with E-state index in [1.807, 2.05) is 13.8 Å². The van der Waals surface area contributed by atoms with Crippen LogP contribution in [0.15, 0.2) is 0 Å². The Bertz CT molecular complexity index is 363. The molecule has 1 saturated carbocycles. The molecule has 0 saturated heterocycles. The van der Waals surface area contributed by atoms with Crippen LogP contribution >= 0.6 is 0 Å². The fourth-order valence-electron chi connectivity index (χ4n) is 2.96. The van der Waals surface area contributed by atoms with Crippen LogP contribution in [0.2, 0.25) is 0 Å². The van der Waals surface area contributed by atoms with Crippen molar-refractivity contribution in [2.24, 2.45) is 11.3 Å². The van der Waals surface area contributed by atoms with Gasteiger partial charge in [-0.3, -0.25) is 0 Å². The van der Waals surface area contributed by atoms with E-state index in [9.17, 15) is 8.42 Å². The summed E-state index contributed by atoms with van der Waals surface area (Å²) in [6, 6.07) is 0.425. The molecule has 18 heavy (non-hydrogen) atoms. The van der Waals surface area contributed by atoms with Crippen LogP contribution in [0.3, 0.4) is 0 Å². The maximum absolute atomic E-state index is 11.7. The first-order valence-corrected chi connectivity index (χ1v) is 8.50. The van der Waals surface area contributed by atoms with E-state index in [0.29, 0.717) is 23.9 Å². The molecule has 0 unspecified atom stereocenters. The molecule has 108 valence electrons. The summed E-state index contributed by atoms with van der Waals surface area (Å²) in [5.74, 6) is 0.787. The number of sulfonamides is 1. The summed E-state index contributed by atoms with van der Waals surface area (Å²) in [5.41, 5.74) is 0.381. The molecule has 1 fully saturated rings. The number of nitrogens with one attached hydrogen (secondary N) is 2. The van der Waals surface area contributed by atoms with E-state index in [1.54, 1.807) is 0 Å². The van der Waals surface area contributed by atoms with Crippen molar-refractivity contribution in [1.29, 1.82) is 0 Å². The number of rotatable bonds is 6. The molecule has 0 radical (unpaired) electrons. The minimum absolute atomic E-state index is 0.0284. The van der Waals surface area contributed by atoms with Crippen molar-refractivity contribution in [1.82, 2.24) is 10.0 Å². The first kappa shape index (κ1) is 15.9. The molecule has 0 bridgehead atoms. The predicted octanol–water partition coefficient (Wildman–Crippen LogP) is 1.73. The highest BCUT2D eigenvalue weighted by Crippen LogP contribution is 2.40. The minimum Gasteiger partial charge on any atom is -0.313 e. The monoisotopic (exact) mass is 276 g/mol. The van der Waals surface area contributed by atoms with Gasteiger partial charge in [-0.1, -0.05) is 20.8 Å². The van der Waals surface area contributed by atoms with E-state index >= 15 is 0 Å². The molecule has 1 aliphatic carbocycles. The van der Waals surface area contributed by atoms with E-state index in [-0.39, 0.29) is 11.8 Å². The lowest BCUT2D eigenvalue weighted by atomic mass is 9.91. The zero-order chi connectivity index (χ0) is 14.0. The van der Waals surface area contributed by atoms with Crippen molar-refractivity contribution < 1.29 is 8.42 Å². The highest BCUT2D eigenvalue weighted by molar-refractivity contribution is 7.89. The molecule has 0 amide bonds. The third kappa shape index (κ3) is 5.24. The van der Waals surface area contributed by atoms with Gasteiger partial charge in [0.25, 0.3) is 0 Å². The molecule has 1 aliphatic rings. The topological polar surface area (TPSA) is 58.2 Å². The summed E-state index contributed by atoms with van der Waals surface area (Å²) >= 11 is 0. The van der Waals surface area contributed by atoms with Gasteiger partial charge in [-0.05, 0) is 38.0 Å². The maximum atomic E-state index is 11.7. The summed E-state index contributed by atoms with van der Waals surface area (Å²) in [6.07, 6.45) is 2.34. The second-order valence-electron chi connectivity index (χ2n) is 6.70. The van der Waals surface area contributed by atoms with Gasteiger partial charge in [0, 0.05) is 18.6 Å². The maximum Gasteiger partial charge on any atom is 0.213 e. The van der Waals surface area contributed by atoms with Crippen molar-refractivity contribution in [2.75, 3.05) is 12.3 Å². The fourth-order valence-corrected chi connectivity index (χ4v) is 4.19. The first-order valence-electron chi connectivity index (χ1n) is 6.85. The van der Waals surface area contributed by atoms with Gasteiger partial charge in [0.15, 0.2) is 0 Å². The van der Waals surface area contributed by atoms with Gasteiger partial charge >= 0.3 is 0 Å². The van der Waals surface area contributed by atoms with Crippen LogP contribution in [-0.2, 0) is 10.0 Å². The lowest BCUT2D eigenvalue weighted by molar-refractivity contribution is 0.363. The largest absolute Gasteiger partial charge is 0.313 e. The Morgan fingerprint density at radius 2 is 1.89 bits per heavy atom. The summed E-state index contributed by atoms with van der Waals surface area (Å²) in [5, 5.41) is 3.40. The molecule has 0 aromatic heterocycles. The fraction of sp³-hybridized carbons (Fsp3) is 1.00. The second kappa shape index (κ2) is 5.88. The lowest BCUT2D eigenvalue weighted by Crippen LogP contribution is -2.39. The van der Waals surface area contributed by atoms with Gasteiger partial charge in [-0.25, -0.2) is 13.1 Å². The SMILES string of the molecule is CC(C)NS(=O)(=O)CCN[C@@H]1CC(C)(C)C[C@@H]1C. The molecular formula is C13H28N2O2S. The van der Waals surface area contributed by atoms with Crippen molar-refractivity contribution in [3.63, 3.8) is 0 Å². The Morgan fingerprint density at radius 3 is 2.33 bits per heavy atom. The highest BCUT2D eigenvalue weighted by atomic mass is 32.2. The standard InChI is InChI=1S/C13H28N2O2S/c1-10(2)15-18(16,17)7-6-14-12-9-13(4,5)8-11(12)3/h10-12,14-15H,6-9H2,1-5H3/t11-,12+/m0/s1. The van der Waals surface area contributed by atoms with Gasteiger partial charge < -0.3 is 5.32 Å². The molecule has 4 nitrogen and oxygen atoms in total. The van der Waals surface area contributed by atoms with E-state index in [1.165, 1.54) is 6.42 Å². The van der Waals surface area contributed by atoms with Crippen molar-refractivity contribution in [2.45, 2.75) is 59.5 Å². The van der Waals surface area contributed by atoms with Crippen molar-refractivity contribution in [3.05, 3.63) is 0 Å². The summed E-state index contributed by atoms with van der Waals surface area (Å²) < 4.78 is 25.9. The zero-order valence-electron chi connectivity index (χ0n) is 12.3. The number of hydrogen-bond donors (Lipinski definition) is 2. The molecule has 2 atom stereocenters. The molecule has 0 spiro atoms. The van der Waals surface area contributed by atoms with E-state index in [0.717, 1.165) is 6.42 Å². The molecule has 1 rings (SSSR count). The molecule has 0 aliphatic heterocycles. The summed E-state index contributed by atoms with van der Waals surface area (Å²) in [7, 11) is -3.13. The summed E-state index contributed by atoms with van der Waals surface area (Å²) in [6.45, 7) is 11.0. The van der Waals surface area contributed by atoms with Crippen molar-refractivity contribution in [3.8, 4) is 0 Å². The minimum atomic E-state index is -3.13. The molecular weight excluding hydrogens is 248 g/mol. The van der Waals surface area contributed by atoms with Crippen LogP contribution < -0.4 is 10.0 Å². The molecule has 0 heterocycles. The normalized spacial score (nSPS) is 27.9. The van der Waals surface area contributed by atoms with Gasteiger partial charge in [-0.15, -0.1) is 0 Å². The van der Waals surface area contributed by atoms with Gasteiger partial charge in [0.05, 0.1) is 5.75 Å². The second-order valence-corrected chi connectivity index (χ2v) is 8.58. The van der Waals surface area contributed by atoms with Crippen LogP contribution in [0.5, 0.6) is 0 Å². The first-order chi connectivity index (χ1) is 8.11. The third-order valence-electron chi connectivity index (χ3n) is 3.53. The van der Waals surface area contributed by atoms with Crippen LogP contribution in [0.25, 0.3) is 0 Å². The average Bonchev–Trinajstić information content (AvgIpc) is 2.36. The predicted molar refractivity (Wildman–Crippen MR) is 76.0 cm³/mol. The summed E-state index contributed by atoms with van der Waals surface area (Å²) in [4.78, 5) is 0. The van der Waals surface area contributed by atoms with Crippen molar-refractivity contribution >= 4 is 10.0 Å². The Hall–Kier alpha value is -0.130. The van der Waals surface area contributed by atoms with Gasteiger partial charge in [-0.2, -0.15) is 0 Å². The van der Waals surface area contributed by atoms with Gasteiger partial charge in [0.2, 0.25) is 10.0 Å². The molecule has 0 aromatic carbocycles. The van der Waals surface area contributed by atoms with Gasteiger partial charge in [0.1, 0.15) is 0 Å². The lowest BCUT2D eigenvalue weighted by Gasteiger charge is -2.19. The molecule has 2 N–H and O–H groups in total. The van der Waals surface area contributed by atoms with E-state index in [4.69, 9.17) is 0 Å². The number of hydrogen-bond acceptors (Lipinski definition) is 3. The zero-order valence-corrected chi connectivity index (χ0v) is 13.1. The quantitative estimate of drug-likeness (QED) is 0.777. The molecule has 0 aromatic rings. The highest BCUT2D eigenvalue weighted by Gasteiger charge is 2.36. The van der Waals surface area contributed by atoms with Crippen LogP contribution in [0.4, 0.5) is 0 Å². The van der Waals surface area contributed by atoms with Crippen LogP contribution in [0.1, 0.15) is 47.5 Å². The Balaban J connectivity index is 2.35. The van der Waals surface area contributed by atoms with Crippen LogP contribution in [0, 0.1) is 11.3 Å². The third-order valence-corrected chi connectivity index (χ3v) is 5.10. The molecule has 5 heteroatoms. The Labute approximate surface area is 112 Å². The van der Waals surface area contributed by atoms with Crippen LogP contribution in [-0.4, -0.2) is 32.8 Å². The smallest absolute Gasteiger partial charge is 0.213 e. The van der Waals surface area contributed by atoms with E-state index in [2.05, 4.69) is 30.8 Å². The van der Waals surface area contributed by atoms with E-state index < -0.39 is 10.0 Å².